The van der Waals surface area contributed by atoms with Gasteiger partial charge in [-0.25, -0.2) is 4.79 Å². The van der Waals surface area contributed by atoms with Crippen molar-refractivity contribution in [1.29, 1.82) is 0 Å². The van der Waals surface area contributed by atoms with Gasteiger partial charge in [-0.15, -0.1) is 0 Å². The van der Waals surface area contributed by atoms with E-state index < -0.39 is 12.0 Å². The second-order valence-electron chi connectivity index (χ2n) is 7.13. The van der Waals surface area contributed by atoms with Crippen molar-refractivity contribution in [2.24, 2.45) is 0 Å². The molecule has 2 aliphatic heterocycles. The van der Waals surface area contributed by atoms with E-state index in [4.69, 9.17) is 28.4 Å². The summed E-state index contributed by atoms with van der Waals surface area (Å²) in [5, 5.41) is 11.1. The maximum absolute atomic E-state index is 12.8. The first-order chi connectivity index (χ1) is 15.4. The Bertz CT molecular complexity index is 1070. The van der Waals surface area contributed by atoms with Crippen molar-refractivity contribution in [3.05, 3.63) is 35.4 Å². The van der Waals surface area contributed by atoms with Crippen LogP contribution in [0.5, 0.6) is 28.7 Å². The van der Waals surface area contributed by atoms with Gasteiger partial charge < -0.3 is 38.4 Å². The third-order valence-electron chi connectivity index (χ3n) is 5.49. The standard InChI is InChI=1S/C23H25NO8/c1-6-30-23(26)20-12(2)24(13-7-18(27-3)22(29-5)19(8-13)28-4)15-10-17-16(31-11-32-17)9-14(15)21(20)25/h7-10,12,25H,6,11H2,1-5H3. The number of ether oxygens (including phenoxy) is 6. The van der Waals surface area contributed by atoms with Crippen molar-refractivity contribution in [3.8, 4) is 28.7 Å². The molecule has 0 saturated carbocycles. The van der Waals surface area contributed by atoms with Crippen LogP contribution in [0.3, 0.4) is 0 Å². The van der Waals surface area contributed by atoms with Crippen molar-refractivity contribution >= 4 is 23.1 Å². The van der Waals surface area contributed by atoms with Crippen LogP contribution in [-0.4, -0.2) is 51.8 Å². The lowest BCUT2D eigenvalue weighted by molar-refractivity contribution is -0.138. The highest BCUT2D eigenvalue weighted by molar-refractivity contribution is 6.03. The van der Waals surface area contributed by atoms with Gasteiger partial charge in [-0.2, -0.15) is 0 Å². The van der Waals surface area contributed by atoms with Gasteiger partial charge in [-0.05, 0) is 19.9 Å². The predicted octanol–water partition coefficient (Wildman–Crippen LogP) is 3.81. The van der Waals surface area contributed by atoms with Crippen LogP contribution in [0.4, 0.5) is 11.4 Å². The van der Waals surface area contributed by atoms with Crippen molar-refractivity contribution < 1.29 is 38.3 Å². The number of hydrogen-bond donors (Lipinski definition) is 1. The highest BCUT2D eigenvalue weighted by Crippen LogP contribution is 2.50. The third kappa shape index (κ3) is 3.30. The van der Waals surface area contributed by atoms with E-state index in [1.165, 1.54) is 21.3 Å². The van der Waals surface area contributed by atoms with Crippen molar-refractivity contribution in [2.75, 3.05) is 39.6 Å². The van der Waals surface area contributed by atoms with E-state index in [1.807, 2.05) is 4.90 Å². The number of aliphatic hydroxyl groups excluding tert-OH is 1. The number of methoxy groups -OCH3 is 3. The summed E-state index contributed by atoms with van der Waals surface area (Å²) in [5.74, 6) is 1.61. The topological polar surface area (TPSA) is 95.9 Å². The van der Waals surface area contributed by atoms with E-state index in [0.717, 1.165) is 0 Å². The number of rotatable bonds is 6. The van der Waals surface area contributed by atoms with Crippen molar-refractivity contribution in [2.45, 2.75) is 19.9 Å². The smallest absolute Gasteiger partial charge is 0.339 e. The lowest BCUT2D eigenvalue weighted by Gasteiger charge is -2.38. The number of aliphatic hydroxyl groups is 1. The number of anilines is 2. The largest absolute Gasteiger partial charge is 0.507 e. The Labute approximate surface area is 185 Å². The summed E-state index contributed by atoms with van der Waals surface area (Å²) in [6.07, 6.45) is 0. The lowest BCUT2D eigenvalue weighted by Crippen LogP contribution is -2.38. The fraction of sp³-hybridized carbons (Fsp3) is 0.348. The molecule has 0 bridgehead atoms. The van der Waals surface area contributed by atoms with Gasteiger partial charge in [0.15, 0.2) is 23.0 Å². The molecule has 0 aliphatic carbocycles. The van der Waals surface area contributed by atoms with E-state index in [1.54, 1.807) is 38.1 Å². The SMILES string of the molecule is CCOC(=O)C1=C(O)c2cc3c(cc2N(c2cc(OC)c(OC)c(OC)c2)C1C)OCO3. The van der Waals surface area contributed by atoms with E-state index >= 15 is 0 Å². The molecule has 2 aromatic carbocycles. The molecule has 0 fully saturated rings. The van der Waals surface area contributed by atoms with Gasteiger partial charge >= 0.3 is 5.97 Å². The van der Waals surface area contributed by atoms with Crippen LogP contribution in [0.2, 0.25) is 0 Å². The van der Waals surface area contributed by atoms with E-state index in [-0.39, 0.29) is 24.7 Å². The Kier molecular flexibility index (Phi) is 5.65. The molecule has 0 radical (unpaired) electrons. The molecular formula is C23H25NO8. The molecule has 2 aromatic rings. The molecule has 1 atom stereocenters. The summed E-state index contributed by atoms with van der Waals surface area (Å²) in [5.41, 5.74) is 1.83. The maximum Gasteiger partial charge on any atom is 0.339 e. The van der Waals surface area contributed by atoms with Crippen LogP contribution in [0, 0.1) is 0 Å². The summed E-state index contributed by atoms with van der Waals surface area (Å²) in [7, 11) is 4.59. The van der Waals surface area contributed by atoms with Crippen molar-refractivity contribution in [1.82, 2.24) is 0 Å². The van der Waals surface area contributed by atoms with Crippen LogP contribution in [0.1, 0.15) is 19.4 Å². The molecule has 4 rings (SSSR count). The Balaban J connectivity index is 1.96. The molecule has 32 heavy (non-hydrogen) atoms. The van der Waals surface area contributed by atoms with Crippen LogP contribution >= 0.6 is 0 Å². The van der Waals surface area contributed by atoms with Gasteiger partial charge in [0.2, 0.25) is 12.5 Å². The lowest BCUT2D eigenvalue weighted by atomic mass is 9.93. The first-order valence-electron chi connectivity index (χ1n) is 10.1. The zero-order valence-corrected chi connectivity index (χ0v) is 18.6. The molecule has 1 unspecified atom stereocenters. The minimum atomic E-state index is -0.599. The monoisotopic (exact) mass is 443 g/mol. The Hall–Kier alpha value is -3.75. The number of carbonyl (C=O) groups is 1. The van der Waals surface area contributed by atoms with E-state index in [2.05, 4.69) is 0 Å². The number of esters is 1. The Morgan fingerprint density at radius 3 is 2.25 bits per heavy atom. The molecule has 9 nitrogen and oxygen atoms in total. The Morgan fingerprint density at radius 2 is 1.69 bits per heavy atom. The van der Waals surface area contributed by atoms with Gasteiger partial charge in [0.05, 0.1) is 39.7 Å². The summed E-state index contributed by atoms with van der Waals surface area (Å²) in [6, 6.07) is 6.40. The number of benzene rings is 2. The summed E-state index contributed by atoms with van der Waals surface area (Å²) in [4.78, 5) is 14.7. The first-order valence-corrected chi connectivity index (χ1v) is 10.1. The second kappa shape index (κ2) is 8.41. The quantitative estimate of drug-likeness (QED) is 0.669. The van der Waals surface area contributed by atoms with Crippen LogP contribution in [0.15, 0.2) is 29.8 Å². The third-order valence-corrected chi connectivity index (χ3v) is 5.49. The molecule has 0 aromatic heterocycles. The number of carbonyl (C=O) groups excluding carboxylic acids is 1. The molecule has 170 valence electrons. The molecular weight excluding hydrogens is 418 g/mol. The minimum Gasteiger partial charge on any atom is -0.507 e. The average molecular weight is 443 g/mol. The fourth-order valence-corrected chi connectivity index (χ4v) is 4.05. The van der Waals surface area contributed by atoms with Crippen LogP contribution < -0.4 is 28.6 Å². The normalized spacial score (nSPS) is 16.5. The zero-order valence-electron chi connectivity index (χ0n) is 18.6. The molecule has 0 amide bonds. The number of hydrogen-bond acceptors (Lipinski definition) is 9. The van der Waals surface area contributed by atoms with E-state index in [9.17, 15) is 9.90 Å². The second-order valence-corrected chi connectivity index (χ2v) is 7.13. The van der Waals surface area contributed by atoms with Gasteiger partial charge in [0.1, 0.15) is 11.3 Å². The first kappa shape index (κ1) is 21.5. The highest BCUT2D eigenvalue weighted by Gasteiger charge is 2.38. The van der Waals surface area contributed by atoms with Crippen LogP contribution in [-0.2, 0) is 9.53 Å². The average Bonchev–Trinajstić information content (AvgIpc) is 3.25. The van der Waals surface area contributed by atoms with Gasteiger partial charge in [-0.3, -0.25) is 0 Å². The number of nitrogens with zero attached hydrogens (tertiary/aromatic N) is 1. The van der Waals surface area contributed by atoms with Gasteiger partial charge in [0.25, 0.3) is 0 Å². The molecule has 0 spiro atoms. The fourth-order valence-electron chi connectivity index (χ4n) is 4.05. The van der Waals surface area contributed by atoms with Gasteiger partial charge in [0, 0.05) is 29.4 Å². The molecule has 1 N–H and O–H groups in total. The van der Waals surface area contributed by atoms with Crippen LogP contribution in [0.25, 0.3) is 5.76 Å². The van der Waals surface area contributed by atoms with Crippen molar-refractivity contribution in [3.63, 3.8) is 0 Å². The maximum atomic E-state index is 12.8. The molecule has 9 heteroatoms. The summed E-state index contributed by atoms with van der Waals surface area (Å²) >= 11 is 0. The summed E-state index contributed by atoms with van der Waals surface area (Å²) in [6.45, 7) is 3.78. The number of fused-ring (bicyclic) bond motifs is 2. The summed E-state index contributed by atoms with van der Waals surface area (Å²) < 4.78 is 32.7. The Morgan fingerprint density at radius 1 is 1.06 bits per heavy atom. The molecule has 2 heterocycles. The predicted molar refractivity (Wildman–Crippen MR) is 116 cm³/mol. The van der Waals surface area contributed by atoms with E-state index in [0.29, 0.717) is 45.7 Å². The highest BCUT2D eigenvalue weighted by atomic mass is 16.7. The zero-order chi connectivity index (χ0) is 23.0. The molecule has 0 saturated heterocycles. The molecule has 2 aliphatic rings. The minimum absolute atomic E-state index is 0.0766. The van der Waals surface area contributed by atoms with Gasteiger partial charge in [-0.1, -0.05) is 0 Å².